The summed E-state index contributed by atoms with van der Waals surface area (Å²) in [6, 6.07) is 0.679. The lowest BCUT2D eigenvalue weighted by Crippen LogP contribution is -2.40. The molecule has 1 N–H and O–H groups in total. The van der Waals surface area contributed by atoms with Crippen molar-refractivity contribution in [1.82, 2.24) is 10.5 Å². The van der Waals surface area contributed by atoms with Gasteiger partial charge in [-0.3, -0.25) is 0 Å². The Morgan fingerprint density at radius 2 is 2.00 bits per heavy atom. The summed E-state index contributed by atoms with van der Waals surface area (Å²) in [4.78, 5) is 0. The minimum absolute atomic E-state index is 0.679. The number of hydrogen-bond acceptors (Lipinski definition) is 4. The highest BCUT2D eigenvalue weighted by Gasteiger charge is 2.22. The molecule has 0 amide bonds. The monoisotopic (exact) mass is 154 g/mol. The molecule has 0 saturated heterocycles. The second-order valence-corrected chi connectivity index (χ2v) is 3.24. The average molecular weight is 154 g/mol. The highest BCUT2D eigenvalue weighted by molar-refractivity contribution is 4.73. The zero-order valence-corrected chi connectivity index (χ0v) is 6.66. The molecule has 11 heavy (non-hydrogen) atoms. The van der Waals surface area contributed by atoms with E-state index in [4.69, 9.17) is 0 Å². The number of hydrazine groups is 1. The van der Waals surface area contributed by atoms with Gasteiger partial charge in [0.2, 0.25) is 0 Å². The molecule has 0 radical (unpaired) electrons. The lowest BCUT2D eigenvalue weighted by Gasteiger charge is -2.28. The third-order valence-electron chi connectivity index (χ3n) is 2.47. The minimum Gasteiger partial charge on any atom is -0.220 e. The van der Waals surface area contributed by atoms with E-state index >= 15 is 0 Å². The first-order chi connectivity index (χ1) is 5.47. The standard InChI is InChI=1S/C7H14N4/c1-2-4-7(5-3-1)11-6-8-9-10-11/h7H,1-6H2,(H,8,10). The summed E-state index contributed by atoms with van der Waals surface area (Å²) in [5.74, 6) is 0. The first-order valence-electron chi connectivity index (χ1n) is 4.35. The molecular formula is C7H14N4. The Balaban J connectivity index is 1.83. The van der Waals surface area contributed by atoms with Crippen LogP contribution in [0.15, 0.2) is 10.3 Å². The SMILES string of the molecule is C1CCC(N2CN=NN2)CC1. The Bertz CT molecular complexity index is 143. The van der Waals surface area contributed by atoms with Crippen molar-refractivity contribution in [2.75, 3.05) is 6.67 Å². The molecule has 1 saturated carbocycles. The van der Waals surface area contributed by atoms with Crippen LogP contribution in [0, 0.1) is 0 Å². The molecule has 0 bridgehead atoms. The van der Waals surface area contributed by atoms with Gasteiger partial charge in [-0.1, -0.05) is 24.5 Å². The molecule has 0 aromatic carbocycles. The zero-order chi connectivity index (χ0) is 7.52. The number of rotatable bonds is 1. The minimum atomic E-state index is 0.679. The van der Waals surface area contributed by atoms with Crippen molar-refractivity contribution in [3.63, 3.8) is 0 Å². The van der Waals surface area contributed by atoms with Crippen molar-refractivity contribution in [2.24, 2.45) is 10.3 Å². The molecule has 1 aliphatic heterocycles. The summed E-state index contributed by atoms with van der Waals surface area (Å²) in [5, 5.41) is 9.76. The first kappa shape index (κ1) is 7.03. The van der Waals surface area contributed by atoms with Crippen LogP contribution in [0.25, 0.3) is 0 Å². The Hall–Kier alpha value is -0.640. The topological polar surface area (TPSA) is 40.0 Å². The van der Waals surface area contributed by atoms with Crippen molar-refractivity contribution in [3.05, 3.63) is 0 Å². The largest absolute Gasteiger partial charge is 0.220 e. The number of nitrogens with zero attached hydrogens (tertiary/aromatic N) is 3. The van der Waals surface area contributed by atoms with E-state index in [0.29, 0.717) is 6.04 Å². The van der Waals surface area contributed by atoms with Crippen molar-refractivity contribution >= 4 is 0 Å². The summed E-state index contributed by atoms with van der Waals surface area (Å²) in [6.45, 7) is 0.741. The van der Waals surface area contributed by atoms with Gasteiger partial charge in [-0.2, -0.15) is 10.1 Å². The summed E-state index contributed by atoms with van der Waals surface area (Å²) in [6.07, 6.45) is 6.74. The van der Waals surface area contributed by atoms with Gasteiger partial charge < -0.3 is 0 Å². The van der Waals surface area contributed by atoms with Crippen LogP contribution >= 0.6 is 0 Å². The molecule has 0 atom stereocenters. The maximum Gasteiger partial charge on any atom is 0.133 e. The molecular weight excluding hydrogens is 140 g/mol. The Kier molecular flexibility index (Phi) is 2.03. The molecule has 1 heterocycles. The third kappa shape index (κ3) is 1.50. The molecule has 0 spiro atoms. The third-order valence-corrected chi connectivity index (χ3v) is 2.47. The maximum absolute atomic E-state index is 3.88. The molecule has 62 valence electrons. The van der Waals surface area contributed by atoms with Gasteiger partial charge in [0, 0.05) is 6.04 Å². The van der Waals surface area contributed by atoms with Crippen LogP contribution in [-0.4, -0.2) is 17.7 Å². The van der Waals surface area contributed by atoms with Crippen molar-refractivity contribution < 1.29 is 0 Å². The van der Waals surface area contributed by atoms with Crippen LogP contribution in [0.3, 0.4) is 0 Å². The summed E-state index contributed by atoms with van der Waals surface area (Å²) >= 11 is 0. The van der Waals surface area contributed by atoms with Crippen LogP contribution in [-0.2, 0) is 0 Å². The van der Waals surface area contributed by atoms with Gasteiger partial charge in [-0.05, 0) is 12.8 Å². The fourth-order valence-electron chi connectivity index (χ4n) is 1.81. The van der Waals surface area contributed by atoms with Crippen LogP contribution in [0.2, 0.25) is 0 Å². The van der Waals surface area contributed by atoms with Gasteiger partial charge in [-0.15, -0.1) is 0 Å². The van der Waals surface area contributed by atoms with E-state index in [1.165, 1.54) is 32.1 Å². The maximum atomic E-state index is 3.88. The smallest absolute Gasteiger partial charge is 0.133 e. The highest BCUT2D eigenvalue weighted by Crippen LogP contribution is 2.22. The Labute approximate surface area is 66.6 Å². The zero-order valence-electron chi connectivity index (χ0n) is 6.66. The van der Waals surface area contributed by atoms with Crippen molar-refractivity contribution in [2.45, 2.75) is 38.1 Å². The predicted molar refractivity (Wildman–Crippen MR) is 41.6 cm³/mol. The van der Waals surface area contributed by atoms with E-state index in [2.05, 4.69) is 20.9 Å². The van der Waals surface area contributed by atoms with E-state index in [1.54, 1.807) is 0 Å². The first-order valence-corrected chi connectivity index (χ1v) is 4.35. The second kappa shape index (κ2) is 3.17. The van der Waals surface area contributed by atoms with Crippen molar-refractivity contribution in [3.8, 4) is 0 Å². The van der Waals surface area contributed by atoms with Gasteiger partial charge in [0.25, 0.3) is 0 Å². The van der Waals surface area contributed by atoms with Crippen LogP contribution in [0.1, 0.15) is 32.1 Å². The van der Waals surface area contributed by atoms with E-state index < -0.39 is 0 Å². The molecule has 4 nitrogen and oxygen atoms in total. The summed E-state index contributed by atoms with van der Waals surface area (Å²) in [5.41, 5.74) is 2.92. The summed E-state index contributed by atoms with van der Waals surface area (Å²) < 4.78 is 0. The van der Waals surface area contributed by atoms with Crippen LogP contribution in [0.4, 0.5) is 0 Å². The molecule has 0 aromatic rings. The fraction of sp³-hybridized carbons (Fsp3) is 1.00. The molecule has 0 aromatic heterocycles. The van der Waals surface area contributed by atoms with E-state index in [9.17, 15) is 0 Å². The van der Waals surface area contributed by atoms with E-state index in [-0.39, 0.29) is 0 Å². The molecule has 0 unspecified atom stereocenters. The molecule has 2 aliphatic rings. The fourth-order valence-corrected chi connectivity index (χ4v) is 1.81. The lowest BCUT2D eigenvalue weighted by molar-refractivity contribution is 0.127. The van der Waals surface area contributed by atoms with Gasteiger partial charge in [-0.25, -0.2) is 5.53 Å². The van der Waals surface area contributed by atoms with E-state index in [1.807, 2.05) is 0 Å². The molecule has 4 heteroatoms. The van der Waals surface area contributed by atoms with Gasteiger partial charge >= 0.3 is 0 Å². The van der Waals surface area contributed by atoms with Gasteiger partial charge in [0.05, 0.1) is 0 Å². The Morgan fingerprint density at radius 3 is 2.64 bits per heavy atom. The lowest BCUT2D eigenvalue weighted by atomic mass is 9.95. The number of nitrogens with one attached hydrogen (secondary N) is 1. The number of hydrogen-bond donors (Lipinski definition) is 1. The second-order valence-electron chi connectivity index (χ2n) is 3.24. The Morgan fingerprint density at radius 1 is 1.18 bits per heavy atom. The molecule has 1 fully saturated rings. The van der Waals surface area contributed by atoms with Crippen LogP contribution in [0.5, 0.6) is 0 Å². The molecule has 2 rings (SSSR count). The quantitative estimate of drug-likeness (QED) is 0.621. The highest BCUT2D eigenvalue weighted by atomic mass is 15.8. The van der Waals surface area contributed by atoms with Gasteiger partial charge in [0.1, 0.15) is 6.67 Å². The van der Waals surface area contributed by atoms with Crippen molar-refractivity contribution in [1.29, 1.82) is 0 Å². The molecule has 1 aliphatic carbocycles. The summed E-state index contributed by atoms with van der Waals surface area (Å²) in [7, 11) is 0. The normalized spacial score (nSPS) is 27.3. The average Bonchev–Trinajstić information content (AvgIpc) is 2.58. The van der Waals surface area contributed by atoms with Crippen LogP contribution < -0.4 is 5.53 Å². The van der Waals surface area contributed by atoms with E-state index in [0.717, 1.165) is 6.67 Å². The van der Waals surface area contributed by atoms with Gasteiger partial charge in [0.15, 0.2) is 0 Å². The predicted octanol–water partition coefficient (Wildman–Crippen LogP) is 1.46.